The molecule has 0 bridgehead atoms. The molecule has 0 aromatic heterocycles. The molecule has 1 unspecified atom stereocenters. The Bertz CT molecular complexity index is 782. The first kappa shape index (κ1) is 19.2. The summed E-state index contributed by atoms with van der Waals surface area (Å²) >= 11 is 3.53. The lowest BCUT2D eigenvalue weighted by Gasteiger charge is -2.40. The SMILES string of the molecule is COc1cc(N2CCN(C(C)c3cc(C)c(C)cc3C)CC2)ccc1Br. The highest BCUT2D eigenvalue weighted by Gasteiger charge is 2.23. The second kappa shape index (κ2) is 8.01. The van der Waals surface area contributed by atoms with Crippen LogP contribution in [-0.2, 0) is 0 Å². The first-order chi connectivity index (χ1) is 12.4. The standard InChI is InChI=1S/C22H29BrN2O/c1-15-12-17(3)20(13-16(15)2)18(4)24-8-10-25(11-9-24)19-6-7-21(23)22(14-19)26-5/h6-7,12-14,18H,8-11H2,1-5H3. The largest absolute Gasteiger partial charge is 0.495 e. The summed E-state index contributed by atoms with van der Waals surface area (Å²) < 4.78 is 6.44. The number of hydrogen-bond donors (Lipinski definition) is 0. The summed E-state index contributed by atoms with van der Waals surface area (Å²) in [4.78, 5) is 5.05. The Morgan fingerprint density at radius 3 is 2.23 bits per heavy atom. The molecule has 0 amide bonds. The van der Waals surface area contributed by atoms with Gasteiger partial charge >= 0.3 is 0 Å². The first-order valence-corrected chi connectivity index (χ1v) is 10.1. The van der Waals surface area contributed by atoms with Gasteiger partial charge in [-0.3, -0.25) is 4.90 Å². The number of piperazine rings is 1. The molecule has 1 aliphatic heterocycles. The number of aryl methyl sites for hydroxylation is 3. The van der Waals surface area contributed by atoms with E-state index in [4.69, 9.17) is 4.74 Å². The van der Waals surface area contributed by atoms with Crippen molar-refractivity contribution in [3.63, 3.8) is 0 Å². The van der Waals surface area contributed by atoms with E-state index in [2.05, 4.69) is 83.8 Å². The topological polar surface area (TPSA) is 15.7 Å². The third kappa shape index (κ3) is 3.91. The predicted molar refractivity (Wildman–Crippen MR) is 114 cm³/mol. The molecule has 26 heavy (non-hydrogen) atoms. The van der Waals surface area contributed by atoms with Gasteiger partial charge in [0.05, 0.1) is 11.6 Å². The molecule has 0 aliphatic carbocycles. The van der Waals surface area contributed by atoms with Gasteiger partial charge in [0.2, 0.25) is 0 Å². The number of benzene rings is 2. The van der Waals surface area contributed by atoms with E-state index in [0.29, 0.717) is 6.04 Å². The van der Waals surface area contributed by atoms with Gasteiger partial charge in [0.25, 0.3) is 0 Å². The molecular formula is C22H29BrN2O. The molecule has 140 valence electrons. The molecule has 1 heterocycles. The number of ether oxygens (including phenoxy) is 1. The van der Waals surface area contributed by atoms with Crippen LogP contribution < -0.4 is 9.64 Å². The molecule has 0 radical (unpaired) electrons. The van der Waals surface area contributed by atoms with Crippen molar-refractivity contribution in [1.29, 1.82) is 0 Å². The Hall–Kier alpha value is -1.52. The quantitative estimate of drug-likeness (QED) is 0.675. The van der Waals surface area contributed by atoms with Crippen molar-refractivity contribution >= 4 is 21.6 Å². The summed E-state index contributed by atoms with van der Waals surface area (Å²) in [5.41, 5.74) is 6.87. The summed E-state index contributed by atoms with van der Waals surface area (Å²) in [5, 5.41) is 0. The molecule has 0 saturated carbocycles. The maximum atomic E-state index is 5.44. The molecule has 2 aromatic carbocycles. The summed E-state index contributed by atoms with van der Waals surface area (Å²) in [5.74, 6) is 0.893. The predicted octanol–water partition coefficient (Wildman–Crippen LogP) is 5.27. The van der Waals surface area contributed by atoms with Crippen LogP contribution in [0, 0.1) is 20.8 Å². The van der Waals surface area contributed by atoms with E-state index < -0.39 is 0 Å². The summed E-state index contributed by atoms with van der Waals surface area (Å²) in [6, 6.07) is 11.5. The van der Waals surface area contributed by atoms with Gasteiger partial charge in [0, 0.05) is 44.0 Å². The average Bonchev–Trinajstić information content (AvgIpc) is 2.65. The molecule has 0 N–H and O–H groups in total. The lowest BCUT2D eigenvalue weighted by atomic mass is 9.95. The van der Waals surface area contributed by atoms with Gasteiger partial charge in [-0.25, -0.2) is 0 Å². The number of methoxy groups -OCH3 is 1. The number of halogens is 1. The third-order valence-corrected chi connectivity index (χ3v) is 6.35. The highest BCUT2D eigenvalue weighted by atomic mass is 79.9. The fourth-order valence-electron chi connectivity index (χ4n) is 3.84. The van der Waals surface area contributed by atoms with Crippen LogP contribution in [0.5, 0.6) is 5.75 Å². The van der Waals surface area contributed by atoms with Gasteiger partial charge in [0.15, 0.2) is 0 Å². The van der Waals surface area contributed by atoms with Crippen molar-refractivity contribution in [2.45, 2.75) is 33.7 Å². The van der Waals surface area contributed by atoms with Crippen molar-refractivity contribution < 1.29 is 4.74 Å². The van der Waals surface area contributed by atoms with Crippen LogP contribution in [0.4, 0.5) is 5.69 Å². The number of rotatable bonds is 4. The molecular weight excluding hydrogens is 388 g/mol. The first-order valence-electron chi connectivity index (χ1n) is 9.31. The van der Waals surface area contributed by atoms with Gasteiger partial charge in [-0.05, 0) is 78.0 Å². The lowest BCUT2D eigenvalue weighted by molar-refractivity contribution is 0.198. The molecule has 1 fully saturated rings. The Morgan fingerprint density at radius 1 is 0.923 bits per heavy atom. The van der Waals surface area contributed by atoms with Crippen LogP contribution >= 0.6 is 15.9 Å². The van der Waals surface area contributed by atoms with E-state index in [1.54, 1.807) is 7.11 Å². The zero-order valence-electron chi connectivity index (χ0n) is 16.5. The van der Waals surface area contributed by atoms with Gasteiger partial charge in [0.1, 0.15) is 5.75 Å². The van der Waals surface area contributed by atoms with Crippen LogP contribution in [-0.4, -0.2) is 38.2 Å². The number of anilines is 1. The highest BCUT2D eigenvalue weighted by molar-refractivity contribution is 9.10. The average molecular weight is 417 g/mol. The van der Waals surface area contributed by atoms with E-state index in [9.17, 15) is 0 Å². The van der Waals surface area contributed by atoms with E-state index in [1.807, 2.05) is 0 Å². The van der Waals surface area contributed by atoms with Crippen molar-refractivity contribution in [2.75, 3.05) is 38.2 Å². The van der Waals surface area contributed by atoms with Crippen molar-refractivity contribution in [1.82, 2.24) is 4.90 Å². The minimum absolute atomic E-state index is 0.455. The van der Waals surface area contributed by atoms with Crippen LogP contribution in [0.15, 0.2) is 34.8 Å². The van der Waals surface area contributed by atoms with Crippen molar-refractivity contribution in [3.8, 4) is 5.75 Å². The third-order valence-electron chi connectivity index (χ3n) is 5.69. The molecule has 4 heteroatoms. The highest BCUT2D eigenvalue weighted by Crippen LogP contribution is 2.32. The minimum Gasteiger partial charge on any atom is -0.495 e. The van der Waals surface area contributed by atoms with E-state index >= 15 is 0 Å². The number of hydrogen-bond acceptors (Lipinski definition) is 3. The summed E-state index contributed by atoms with van der Waals surface area (Å²) in [6.45, 7) is 13.2. The monoisotopic (exact) mass is 416 g/mol. The van der Waals surface area contributed by atoms with Crippen LogP contribution in [0.25, 0.3) is 0 Å². The fraction of sp³-hybridized carbons (Fsp3) is 0.455. The molecule has 1 aliphatic rings. The van der Waals surface area contributed by atoms with E-state index in [-0.39, 0.29) is 0 Å². The maximum absolute atomic E-state index is 5.44. The fourth-order valence-corrected chi connectivity index (χ4v) is 4.25. The molecule has 1 atom stereocenters. The van der Waals surface area contributed by atoms with Gasteiger partial charge in [-0.1, -0.05) is 12.1 Å². The molecule has 3 nitrogen and oxygen atoms in total. The number of nitrogens with zero attached hydrogens (tertiary/aromatic N) is 2. The Balaban J connectivity index is 1.69. The van der Waals surface area contributed by atoms with Crippen LogP contribution in [0.1, 0.15) is 35.2 Å². The van der Waals surface area contributed by atoms with Crippen molar-refractivity contribution in [3.05, 3.63) is 57.1 Å². The Morgan fingerprint density at radius 2 is 1.58 bits per heavy atom. The Labute approximate surface area is 166 Å². The van der Waals surface area contributed by atoms with Crippen LogP contribution in [0.3, 0.4) is 0 Å². The zero-order valence-corrected chi connectivity index (χ0v) is 18.1. The Kier molecular flexibility index (Phi) is 5.93. The second-order valence-electron chi connectivity index (χ2n) is 7.31. The van der Waals surface area contributed by atoms with Crippen molar-refractivity contribution in [2.24, 2.45) is 0 Å². The van der Waals surface area contributed by atoms with Gasteiger partial charge in [-0.15, -0.1) is 0 Å². The molecule has 1 saturated heterocycles. The normalized spacial score (nSPS) is 16.6. The zero-order chi connectivity index (χ0) is 18.8. The molecule has 0 spiro atoms. The minimum atomic E-state index is 0.455. The van der Waals surface area contributed by atoms with E-state index in [1.165, 1.54) is 27.9 Å². The van der Waals surface area contributed by atoms with E-state index in [0.717, 1.165) is 36.4 Å². The van der Waals surface area contributed by atoms with Gasteiger partial charge in [-0.2, -0.15) is 0 Å². The van der Waals surface area contributed by atoms with Gasteiger partial charge < -0.3 is 9.64 Å². The van der Waals surface area contributed by atoms with Crippen LogP contribution in [0.2, 0.25) is 0 Å². The lowest BCUT2D eigenvalue weighted by Crippen LogP contribution is -2.47. The summed E-state index contributed by atoms with van der Waals surface area (Å²) in [6.07, 6.45) is 0. The summed E-state index contributed by atoms with van der Waals surface area (Å²) in [7, 11) is 1.72. The second-order valence-corrected chi connectivity index (χ2v) is 8.17. The smallest absolute Gasteiger partial charge is 0.135 e. The molecule has 3 rings (SSSR count). The maximum Gasteiger partial charge on any atom is 0.135 e. The molecule has 2 aromatic rings.